The summed E-state index contributed by atoms with van der Waals surface area (Å²) in [4.78, 5) is 18.7. The van der Waals surface area contributed by atoms with E-state index in [1.807, 2.05) is 31.1 Å². The van der Waals surface area contributed by atoms with Gasteiger partial charge in [0.1, 0.15) is 0 Å². The van der Waals surface area contributed by atoms with Gasteiger partial charge >= 0.3 is 6.18 Å². The van der Waals surface area contributed by atoms with Gasteiger partial charge in [0, 0.05) is 38.4 Å². The molecule has 0 bridgehead atoms. The summed E-state index contributed by atoms with van der Waals surface area (Å²) < 4.78 is 40.3. The van der Waals surface area contributed by atoms with Crippen LogP contribution in [0.25, 0.3) is 0 Å². The van der Waals surface area contributed by atoms with Gasteiger partial charge in [0.2, 0.25) is 5.91 Å². The van der Waals surface area contributed by atoms with E-state index in [0.717, 1.165) is 31.3 Å². The fourth-order valence-corrected chi connectivity index (χ4v) is 3.92. The van der Waals surface area contributed by atoms with Crippen molar-refractivity contribution in [1.29, 1.82) is 0 Å². The van der Waals surface area contributed by atoms with Gasteiger partial charge in [-0.1, -0.05) is 30.3 Å². The van der Waals surface area contributed by atoms with E-state index in [0.29, 0.717) is 13.1 Å². The molecule has 174 valence electrons. The van der Waals surface area contributed by atoms with Gasteiger partial charge in [-0.2, -0.15) is 13.2 Å². The van der Waals surface area contributed by atoms with Gasteiger partial charge in [0.25, 0.3) is 0 Å². The summed E-state index contributed by atoms with van der Waals surface area (Å²) >= 11 is 0. The maximum atomic E-state index is 13.4. The van der Waals surface area contributed by atoms with Crippen molar-refractivity contribution in [2.45, 2.75) is 25.7 Å². The number of carbonyl (C=O) groups is 1. The number of nitrogens with one attached hydrogen (secondary N) is 1. The highest BCUT2D eigenvalue weighted by molar-refractivity contribution is 5.81. The zero-order chi connectivity index (χ0) is 23.3. The summed E-state index contributed by atoms with van der Waals surface area (Å²) in [5, 5.41) is 3.24. The number of hydrogen-bond acceptors (Lipinski definition) is 4. The van der Waals surface area contributed by atoms with Crippen molar-refractivity contribution in [3.8, 4) is 0 Å². The van der Waals surface area contributed by atoms with Crippen LogP contribution in [0.3, 0.4) is 0 Å². The predicted molar refractivity (Wildman–Crippen MR) is 120 cm³/mol. The lowest BCUT2D eigenvalue weighted by molar-refractivity contribution is -0.139. The van der Waals surface area contributed by atoms with Gasteiger partial charge in [-0.3, -0.25) is 4.79 Å². The van der Waals surface area contributed by atoms with Gasteiger partial charge in [-0.05, 0) is 56.4 Å². The fourth-order valence-electron chi connectivity index (χ4n) is 3.92. The van der Waals surface area contributed by atoms with Crippen molar-refractivity contribution in [2.24, 2.45) is 0 Å². The van der Waals surface area contributed by atoms with Crippen LogP contribution in [0.4, 0.5) is 18.9 Å². The molecule has 8 heteroatoms. The third-order valence-corrected chi connectivity index (χ3v) is 5.75. The van der Waals surface area contributed by atoms with Gasteiger partial charge < -0.3 is 20.0 Å². The molecule has 3 rings (SSSR count). The Labute approximate surface area is 187 Å². The lowest BCUT2D eigenvalue weighted by atomic mass is 9.98. The monoisotopic (exact) mass is 448 g/mol. The van der Waals surface area contributed by atoms with Crippen molar-refractivity contribution in [3.05, 3.63) is 64.7 Å². The standard InChI is InChI=1S/C24H31F3N4O/c1-29(2)13-14-31(16-19-7-4-5-9-21(19)24(25,26)27)23(32)15-28-22-10-6-8-18-11-12-30(3)17-20(18)22/h4-10,28H,11-17H2,1-3H3. The average Bonchev–Trinajstić information content (AvgIpc) is 2.74. The summed E-state index contributed by atoms with van der Waals surface area (Å²) in [6.07, 6.45) is -3.50. The normalized spacial score (nSPS) is 14.3. The van der Waals surface area contributed by atoms with Crippen molar-refractivity contribution in [3.63, 3.8) is 0 Å². The van der Waals surface area contributed by atoms with E-state index in [4.69, 9.17) is 0 Å². The quantitative estimate of drug-likeness (QED) is 0.669. The molecule has 0 spiro atoms. The highest BCUT2D eigenvalue weighted by Gasteiger charge is 2.33. The molecule has 2 aromatic carbocycles. The van der Waals surface area contributed by atoms with Crippen molar-refractivity contribution in [1.82, 2.24) is 14.7 Å². The van der Waals surface area contributed by atoms with E-state index in [1.165, 1.54) is 28.2 Å². The number of benzene rings is 2. The Morgan fingerprint density at radius 3 is 2.56 bits per heavy atom. The minimum atomic E-state index is -4.46. The highest BCUT2D eigenvalue weighted by atomic mass is 19.4. The molecule has 2 aromatic rings. The molecular formula is C24H31F3N4O. The molecule has 0 saturated heterocycles. The second-order valence-electron chi connectivity index (χ2n) is 8.56. The first-order valence-corrected chi connectivity index (χ1v) is 10.8. The van der Waals surface area contributed by atoms with E-state index in [1.54, 1.807) is 6.07 Å². The Morgan fingerprint density at radius 2 is 1.84 bits per heavy atom. The maximum Gasteiger partial charge on any atom is 0.416 e. The Bertz CT molecular complexity index is 930. The molecule has 0 aliphatic carbocycles. The number of anilines is 1. The van der Waals surface area contributed by atoms with Crippen LogP contribution in [0.15, 0.2) is 42.5 Å². The first-order chi connectivity index (χ1) is 15.1. The first-order valence-electron chi connectivity index (χ1n) is 10.8. The molecule has 0 fully saturated rings. The van der Waals surface area contributed by atoms with Crippen LogP contribution < -0.4 is 5.32 Å². The lowest BCUT2D eigenvalue weighted by Gasteiger charge is -2.28. The number of likely N-dealkylation sites (N-methyl/N-ethyl adjacent to an activating group) is 2. The number of alkyl halides is 3. The van der Waals surface area contributed by atoms with Crippen LogP contribution in [0, 0.1) is 0 Å². The van der Waals surface area contributed by atoms with Crippen molar-refractivity contribution < 1.29 is 18.0 Å². The zero-order valence-electron chi connectivity index (χ0n) is 18.9. The minimum absolute atomic E-state index is 0.0295. The molecule has 5 nitrogen and oxygen atoms in total. The number of rotatable bonds is 8. The molecule has 1 aliphatic heterocycles. The minimum Gasteiger partial charge on any atom is -0.376 e. The number of fused-ring (bicyclic) bond motifs is 1. The highest BCUT2D eigenvalue weighted by Crippen LogP contribution is 2.32. The SMILES string of the molecule is CN(C)CCN(Cc1ccccc1C(F)(F)F)C(=O)CNc1cccc2c1CN(C)CC2. The van der Waals surface area contributed by atoms with E-state index in [2.05, 4.69) is 23.3 Å². The third-order valence-electron chi connectivity index (χ3n) is 5.75. The summed E-state index contributed by atoms with van der Waals surface area (Å²) in [6, 6.07) is 11.5. The van der Waals surface area contributed by atoms with Gasteiger partial charge in [-0.15, -0.1) is 0 Å². The summed E-state index contributed by atoms with van der Waals surface area (Å²) in [6.45, 7) is 2.64. The van der Waals surface area contributed by atoms with Crippen LogP contribution in [0.5, 0.6) is 0 Å². The molecule has 0 radical (unpaired) electrons. The van der Waals surface area contributed by atoms with Gasteiger partial charge in [-0.25, -0.2) is 0 Å². The van der Waals surface area contributed by atoms with Crippen LogP contribution in [0.1, 0.15) is 22.3 Å². The summed E-state index contributed by atoms with van der Waals surface area (Å²) in [5.74, 6) is -0.231. The van der Waals surface area contributed by atoms with Crippen LogP contribution in [0.2, 0.25) is 0 Å². The Morgan fingerprint density at radius 1 is 1.09 bits per heavy atom. The van der Waals surface area contributed by atoms with Gasteiger partial charge in [0.05, 0.1) is 12.1 Å². The maximum absolute atomic E-state index is 13.4. The second kappa shape index (κ2) is 10.4. The number of halogens is 3. The fraction of sp³-hybridized carbons (Fsp3) is 0.458. The third kappa shape index (κ3) is 6.23. The Balaban J connectivity index is 1.75. The number of carbonyl (C=O) groups excluding carboxylic acids is 1. The van der Waals surface area contributed by atoms with Crippen LogP contribution in [-0.2, 0) is 30.5 Å². The second-order valence-corrected chi connectivity index (χ2v) is 8.56. The molecule has 32 heavy (non-hydrogen) atoms. The largest absolute Gasteiger partial charge is 0.416 e. The molecule has 1 heterocycles. The molecule has 0 saturated carbocycles. The molecule has 0 atom stereocenters. The van der Waals surface area contributed by atoms with E-state index in [-0.39, 0.29) is 24.6 Å². The topological polar surface area (TPSA) is 38.8 Å². The first kappa shape index (κ1) is 24.1. The molecule has 0 unspecified atom stereocenters. The van der Waals surface area contributed by atoms with E-state index in [9.17, 15) is 18.0 Å². The van der Waals surface area contributed by atoms with Crippen LogP contribution >= 0.6 is 0 Å². The summed E-state index contributed by atoms with van der Waals surface area (Å²) in [5.41, 5.74) is 2.76. The Hall–Kier alpha value is -2.58. The smallest absolute Gasteiger partial charge is 0.376 e. The summed E-state index contributed by atoms with van der Waals surface area (Å²) in [7, 11) is 5.81. The Kier molecular flexibility index (Phi) is 7.79. The molecule has 1 amide bonds. The molecule has 0 aromatic heterocycles. The van der Waals surface area contributed by atoms with Crippen molar-refractivity contribution >= 4 is 11.6 Å². The van der Waals surface area contributed by atoms with Crippen LogP contribution in [-0.4, -0.2) is 67.9 Å². The molecule has 1 aliphatic rings. The molecular weight excluding hydrogens is 417 g/mol. The van der Waals surface area contributed by atoms with Crippen molar-refractivity contribution in [2.75, 3.05) is 52.6 Å². The number of amides is 1. The number of nitrogens with zero attached hydrogens (tertiary/aromatic N) is 3. The average molecular weight is 449 g/mol. The lowest BCUT2D eigenvalue weighted by Crippen LogP contribution is -2.40. The molecule has 1 N–H and O–H groups in total. The number of hydrogen-bond donors (Lipinski definition) is 1. The zero-order valence-corrected chi connectivity index (χ0v) is 18.9. The van der Waals surface area contributed by atoms with E-state index < -0.39 is 11.7 Å². The van der Waals surface area contributed by atoms with E-state index >= 15 is 0 Å². The predicted octanol–water partition coefficient (Wildman–Crippen LogP) is 3.70. The van der Waals surface area contributed by atoms with Gasteiger partial charge in [0.15, 0.2) is 0 Å².